The molecule has 238 valence electrons. The minimum atomic E-state index is -0.285. The van der Waals surface area contributed by atoms with Crippen LogP contribution in [0.15, 0.2) is 132 Å². The summed E-state index contributed by atoms with van der Waals surface area (Å²) < 4.78 is 5.09. The molecule has 1 fully saturated rings. The van der Waals surface area contributed by atoms with Crippen molar-refractivity contribution in [1.29, 1.82) is 0 Å². The summed E-state index contributed by atoms with van der Waals surface area (Å²) in [6.07, 6.45) is 4.59. The van der Waals surface area contributed by atoms with Crippen LogP contribution < -0.4 is 10.6 Å². The van der Waals surface area contributed by atoms with Crippen molar-refractivity contribution in [3.05, 3.63) is 167 Å². The molecule has 7 heteroatoms. The molecule has 1 aliphatic rings. The topological polar surface area (TPSA) is 105 Å². The van der Waals surface area contributed by atoms with Crippen molar-refractivity contribution in [1.82, 2.24) is 10.6 Å². The van der Waals surface area contributed by atoms with Crippen LogP contribution in [0.25, 0.3) is 0 Å². The average molecular weight is 627 g/mol. The zero-order chi connectivity index (χ0) is 33.2. The predicted molar refractivity (Wildman–Crippen MR) is 181 cm³/mol. The zero-order valence-corrected chi connectivity index (χ0v) is 26.5. The number of hydrogen-bond donors (Lipinski definition) is 2. The first-order valence-electron chi connectivity index (χ1n) is 15.8. The molecule has 0 spiro atoms. The van der Waals surface area contributed by atoms with Crippen LogP contribution in [-0.4, -0.2) is 23.4 Å². The lowest BCUT2D eigenvalue weighted by molar-refractivity contribution is -0.128. The van der Waals surface area contributed by atoms with Gasteiger partial charge in [-0.1, -0.05) is 103 Å². The molecule has 1 heterocycles. The maximum Gasteiger partial charge on any atom is 0.287 e. The smallest absolute Gasteiger partial charge is 0.287 e. The largest absolute Gasteiger partial charge is 0.459 e. The lowest BCUT2D eigenvalue weighted by atomic mass is 9.84. The molecule has 2 N–H and O–H groups in total. The third-order valence-electron chi connectivity index (χ3n) is 8.30. The summed E-state index contributed by atoms with van der Waals surface area (Å²) in [6.45, 7) is 3.83. The number of carbonyl (C=O) groups excluding carboxylic acids is 4. The van der Waals surface area contributed by atoms with Crippen LogP contribution in [-0.2, 0) is 4.79 Å². The number of amides is 2. The fourth-order valence-electron chi connectivity index (χ4n) is 5.25. The minimum Gasteiger partial charge on any atom is -0.459 e. The van der Waals surface area contributed by atoms with Crippen molar-refractivity contribution < 1.29 is 23.6 Å². The molecule has 0 aliphatic heterocycles. The summed E-state index contributed by atoms with van der Waals surface area (Å²) >= 11 is 0. The number of nitrogens with one attached hydrogen (secondary N) is 2. The van der Waals surface area contributed by atoms with Gasteiger partial charge in [-0.25, -0.2) is 0 Å². The van der Waals surface area contributed by atoms with Gasteiger partial charge in [-0.15, -0.1) is 0 Å². The molecule has 2 amide bonds. The van der Waals surface area contributed by atoms with Gasteiger partial charge in [0.15, 0.2) is 17.3 Å². The fourth-order valence-corrected chi connectivity index (χ4v) is 5.25. The van der Waals surface area contributed by atoms with E-state index in [-0.39, 0.29) is 47.1 Å². The maximum absolute atomic E-state index is 12.5. The average Bonchev–Trinajstić information content (AvgIpc) is 3.64. The molecule has 2 atom stereocenters. The van der Waals surface area contributed by atoms with E-state index < -0.39 is 0 Å². The van der Waals surface area contributed by atoms with Crippen LogP contribution in [0.5, 0.6) is 0 Å². The zero-order valence-electron chi connectivity index (χ0n) is 26.5. The Bertz CT molecular complexity index is 1810. The minimum absolute atomic E-state index is 0.00460. The Labute approximate surface area is 275 Å². The highest BCUT2D eigenvalue weighted by Crippen LogP contribution is 2.27. The second-order valence-corrected chi connectivity index (χ2v) is 11.7. The number of ketones is 2. The maximum atomic E-state index is 12.5. The highest BCUT2D eigenvalue weighted by molar-refractivity contribution is 6.09. The van der Waals surface area contributed by atoms with Crippen LogP contribution >= 0.6 is 0 Å². The fraction of sp³-hybridized carbons (Fsp3) is 0.200. The van der Waals surface area contributed by atoms with Crippen LogP contribution in [0, 0.1) is 5.92 Å². The van der Waals surface area contributed by atoms with E-state index in [0.29, 0.717) is 22.3 Å². The number of carbonyl (C=O) groups is 4. The molecule has 6 rings (SSSR count). The molecule has 5 aromatic rings. The molecule has 0 radical (unpaired) electrons. The lowest BCUT2D eigenvalue weighted by Crippen LogP contribution is -2.36. The standard InChI is InChI=1S/C20H17NO3.C20H21NO2/c1-14(21-20(23)18-11-6-12-24-18)16-9-5-10-17(13-16)19(22)15-7-3-2-4-8-15;1-14(21-20(23)16-9-5-10-16)17-11-6-12-18(13-17)19(22)15-7-3-2-4-8-15/h2-14H,1H3,(H,21,23);2-4,6-8,11-14,16H,5,9-10H2,1H3,(H,21,23)/t2*14-/m11/s1. The van der Waals surface area contributed by atoms with E-state index in [1.165, 1.54) is 6.26 Å². The molecule has 1 saturated carbocycles. The van der Waals surface area contributed by atoms with E-state index in [9.17, 15) is 19.2 Å². The Balaban J connectivity index is 0.000000185. The summed E-state index contributed by atoms with van der Waals surface area (Å²) in [6, 6.07) is 36.1. The van der Waals surface area contributed by atoms with E-state index in [4.69, 9.17) is 4.42 Å². The third kappa shape index (κ3) is 8.58. The lowest BCUT2D eigenvalue weighted by Gasteiger charge is -2.26. The van der Waals surface area contributed by atoms with Gasteiger partial charge in [-0.05, 0) is 62.1 Å². The van der Waals surface area contributed by atoms with E-state index >= 15 is 0 Å². The summed E-state index contributed by atoms with van der Waals surface area (Å²) in [5.74, 6) is 0.243. The Morgan fingerprint density at radius 2 is 1.09 bits per heavy atom. The van der Waals surface area contributed by atoms with Crippen LogP contribution in [0.3, 0.4) is 0 Å². The predicted octanol–water partition coefficient (Wildman–Crippen LogP) is 7.90. The van der Waals surface area contributed by atoms with Crippen LogP contribution in [0.4, 0.5) is 0 Å². The van der Waals surface area contributed by atoms with Crippen molar-refractivity contribution >= 4 is 23.4 Å². The molecule has 0 bridgehead atoms. The Hall–Kier alpha value is -5.56. The number of rotatable bonds is 10. The molecule has 0 unspecified atom stereocenters. The van der Waals surface area contributed by atoms with Gasteiger partial charge in [0.25, 0.3) is 5.91 Å². The highest BCUT2D eigenvalue weighted by Gasteiger charge is 2.26. The van der Waals surface area contributed by atoms with Crippen molar-refractivity contribution in [2.45, 2.75) is 45.2 Å². The number of benzene rings is 4. The Morgan fingerprint density at radius 1 is 0.596 bits per heavy atom. The quantitative estimate of drug-likeness (QED) is 0.153. The second-order valence-electron chi connectivity index (χ2n) is 11.7. The SMILES string of the molecule is C[C@@H](NC(=O)C1CCC1)c1cccc(C(=O)c2ccccc2)c1.C[C@@H](NC(=O)c1ccco1)c1cccc(C(=O)c2ccccc2)c1. The van der Waals surface area contributed by atoms with Gasteiger partial charge in [-0.3, -0.25) is 19.2 Å². The molecule has 1 aliphatic carbocycles. The first-order valence-corrected chi connectivity index (χ1v) is 15.8. The molecule has 4 aromatic carbocycles. The van der Waals surface area contributed by atoms with Gasteiger partial charge in [0.1, 0.15) is 0 Å². The van der Waals surface area contributed by atoms with Gasteiger partial charge in [-0.2, -0.15) is 0 Å². The number of furan rings is 1. The van der Waals surface area contributed by atoms with E-state index in [1.54, 1.807) is 30.3 Å². The van der Waals surface area contributed by atoms with Gasteiger partial charge in [0.2, 0.25) is 5.91 Å². The first-order chi connectivity index (χ1) is 22.8. The molecule has 47 heavy (non-hydrogen) atoms. The summed E-state index contributed by atoms with van der Waals surface area (Å²) in [4.78, 5) is 49.2. The molecular weight excluding hydrogens is 588 g/mol. The van der Waals surface area contributed by atoms with Crippen molar-refractivity contribution in [2.24, 2.45) is 5.92 Å². The molecule has 7 nitrogen and oxygen atoms in total. The molecule has 1 aromatic heterocycles. The summed E-state index contributed by atoms with van der Waals surface area (Å²) in [7, 11) is 0. The van der Waals surface area contributed by atoms with Gasteiger partial charge in [0.05, 0.1) is 18.3 Å². The normalized spacial score (nSPS) is 13.6. The molecular formula is C40H38N2O5. The van der Waals surface area contributed by atoms with Crippen molar-refractivity contribution in [2.75, 3.05) is 0 Å². The number of hydrogen-bond acceptors (Lipinski definition) is 5. The highest BCUT2D eigenvalue weighted by atomic mass is 16.3. The summed E-state index contributed by atoms with van der Waals surface area (Å²) in [5, 5.41) is 5.91. The first kappa shape index (κ1) is 32.8. The monoisotopic (exact) mass is 626 g/mol. The van der Waals surface area contributed by atoms with E-state index in [0.717, 1.165) is 30.4 Å². The van der Waals surface area contributed by atoms with Gasteiger partial charge >= 0.3 is 0 Å². The van der Waals surface area contributed by atoms with E-state index in [2.05, 4.69) is 10.6 Å². The third-order valence-corrected chi connectivity index (χ3v) is 8.30. The summed E-state index contributed by atoms with van der Waals surface area (Å²) in [5.41, 5.74) is 4.38. The van der Waals surface area contributed by atoms with Crippen LogP contribution in [0.1, 0.15) is 98.7 Å². The Kier molecular flexibility index (Phi) is 10.9. The van der Waals surface area contributed by atoms with Gasteiger partial charge in [0, 0.05) is 28.2 Å². The molecule has 0 saturated heterocycles. The van der Waals surface area contributed by atoms with E-state index in [1.807, 2.05) is 105 Å². The Morgan fingerprint density at radius 3 is 1.53 bits per heavy atom. The second kappa shape index (κ2) is 15.6. The van der Waals surface area contributed by atoms with Crippen LogP contribution in [0.2, 0.25) is 0 Å². The van der Waals surface area contributed by atoms with Crippen molar-refractivity contribution in [3.8, 4) is 0 Å². The van der Waals surface area contributed by atoms with Gasteiger partial charge < -0.3 is 15.1 Å². The van der Waals surface area contributed by atoms with Crippen molar-refractivity contribution in [3.63, 3.8) is 0 Å².